The minimum Gasteiger partial charge on any atom is -0.392 e. The monoisotopic (exact) mass is 303 g/mol. The lowest BCUT2D eigenvalue weighted by molar-refractivity contribution is 0.281. The summed E-state index contributed by atoms with van der Waals surface area (Å²) in [5, 5.41) is 13.6. The first-order valence-corrected chi connectivity index (χ1v) is 7.78. The highest BCUT2D eigenvalue weighted by atomic mass is 35.5. The van der Waals surface area contributed by atoms with E-state index >= 15 is 0 Å². The molecule has 0 aliphatic heterocycles. The number of aliphatic hydroxyl groups is 1. The van der Waals surface area contributed by atoms with Crippen LogP contribution in [0.2, 0.25) is 5.02 Å². The summed E-state index contributed by atoms with van der Waals surface area (Å²) >= 11 is 5.96. The van der Waals surface area contributed by atoms with E-state index in [9.17, 15) is 5.11 Å². The Morgan fingerprint density at radius 2 is 1.81 bits per heavy atom. The molecular weight excluding hydrogens is 282 g/mol. The molecule has 0 heterocycles. The van der Waals surface area contributed by atoms with Gasteiger partial charge < -0.3 is 10.4 Å². The Kier molecular flexibility index (Phi) is 6.24. The van der Waals surface area contributed by atoms with E-state index in [0.717, 1.165) is 30.0 Å². The molecule has 0 saturated heterocycles. The number of rotatable bonds is 7. The predicted molar refractivity (Wildman–Crippen MR) is 88.3 cm³/mol. The Labute approximate surface area is 131 Å². The first-order valence-electron chi connectivity index (χ1n) is 7.40. The quantitative estimate of drug-likeness (QED) is 0.791. The molecule has 0 radical (unpaired) electrons. The highest BCUT2D eigenvalue weighted by Crippen LogP contribution is 2.21. The van der Waals surface area contributed by atoms with Crippen LogP contribution in [0, 0.1) is 0 Å². The van der Waals surface area contributed by atoms with E-state index in [1.807, 2.05) is 30.3 Å². The Morgan fingerprint density at radius 3 is 2.48 bits per heavy atom. The number of halogens is 1. The smallest absolute Gasteiger partial charge is 0.0681 e. The molecular formula is C18H22ClNO. The summed E-state index contributed by atoms with van der Waals surface area (Å²) < 4.78 is 0. The van der Waals surface area contributed by atoms with Gasteiger partial charge in [-0.15, -0.1) is 0 Å². The van der Waals surface area contributed by atoms with E-state index in [1.54, 1.807) is 0 Å². The molecule has 2 aromatic carbocycles. The molecule has 3 heteroatoms. The van der Waals surface area contributed by atoms with Crippen LogP contribution >= 0.6 is 11.6 Å². The van der Waals surface area contributed by atoms with E-state index in [2.05, 4.69) is 30.4 Å². The van der Waals surface area contributed by atoms with Crippen LogP contribution in [-0.2, 0) is 13.2 Å². The molecule has 2 aromatic rings. The molecule has 2 rings (SSSR count). The summed E-state index contributed by atoms with van der Waals surface area (Å²) in [5.74, 6) is 0. The molecule has 2 N–H and O–H groups in total. The number of hydrogen-bond acceptors (Lipinski definition) is 2. The summed E-state index contributed by atoms with van der Waals surface area (Å²) in [5.41, 5.74) is 3.41. The zero-order valence-corrected chi connectivity index (χ0v) is 13.1. The van der Waals surface area contributed by atoms with Crippen LogP contribution in [0.25, 0.3) is 0 Å². The van der Waals surface area contributed by atoms with Gasteiger partial charge in [0, 0.05) is 17.6 Å². The molecule has 1 unspecified atom stereocenters. The van der Waals surface area contributed by atoms with Crippen molar-refractivity contribution in [3.8, 4) is 0 Å². The molecule has 0 aliphatic carbocycles. The van der Waals surface area contributed by atoms with Crippen molar-refractivity contribution >= 4 is 11.6 Å². The summed E-state index contributed by atoms with van der Waals surface area (Å²) in [6.07, 6.45) is 2.21. The highest BCUT2D eigenvalue weighted by molar-refractivity contribution is 6.30. The molecule has 21 heavy (non-hydrogen) atoms. The molecule has 0 bridgehead atoms. The van der Waals surface area contributed by atoms with Crippen LogP contribution in [0.1, 0.15) is 42.5 Å². The van der Waals surface area contributed by atoms with Crippen LogP contribution in [0.3, 0.4) is 0 Å². The fourth-order valence-corrected chi connectivity index (χ4v) is 2.58. The second-order valence-corrected chi connectivity index (χ2v) is 5.69. The second kappa shape index (κ2) is 8.18. The lowest BCUT2D eigenvalue weighted by Gasteiger charge is -2.19. The average molecular weight is 304 g/mol. The summed E-state index contributed by atoms with van der Waals surface area (Å²) in [7, 11) is 0. The average Bonchev–Trinajstić information content (AvgIpc) is 2.52. The number of aliphatic hydroxyl groups excluding tert-OH is 1. The number of hydrogen-bond donors (Lipinski definition) is 2. The third kappa shape index (κ3) is 4.85. The van der Waals surface area contributed by atoms with Gasteiger partial charge in [-0.25, -0.2) is 0 Å². The summed E-state index contributed by atoms with van der Waals surface area (Å²) in [4.78, 5) is 0. The maximum absolute atomic E-state index is 9.19. The SMILES string of the molecule is CCCC(NCc1cccc(CO)c1)c1ccc(Cl)cc1. The maximum Gasteiger partial charge on any atom is 0.0681 e. The molecule has 0 fully saturated rings. The van der Waals surface area contributed by atoms with Crippen molar-refractivity contribution in [1.29, 1.82) is 0 Å². The first-order chi connectivity index (χ1) is 10.2. The van der Waals surface area contributed by atoms with Gasteiger partial charge >= 0.3 is 0 Å². The largest absolute Gasteiger partial charge is 0.392 e. The minimum atomic E-state index is 0.0867. The molecule has 0 spiro atoms. The van der Waals surface area contributed by atoms with Crippen molar-refractivity contribution in [2.24, 2.45) is 0 Å². The molecule has 0 saturated carbocycles. The van der Waals surface area contributed by atoms with Crippen LogP contribution in [-0.4, -0.2) is 5.11 Å². The zero-order valence-electron chi connectivity index (χ0n) is 12.3. The van der Waals surface area contributed by atoms with E-state index in [-0.39, 0.29) is 6.61 Å². The Bertz CT molecular complexity index is 553. The molecule has 1 atom stereocenters. The van der Waals surface area contributed by atoms with Gasteiger partial charge in [-0.2, -0.15) is 0 Å². The minimum absolute atomic E-state index is 0.0867. The van der Waals surface area contributed by atoms with Crippen LogP contribution in [0.5, 0.6) is 0 Å². The van der Waals surface area contributed by atoms with Gasteiger partial charge in [-0.1, -0.05) is 61.3 Å². The maximum atomic E-state index is 9.19. The van der Waals surface area contributed by atoms with Crippen LogP contribution in [0.4, 0.5) is 0 Å². The second-order valence-electron chi connectivity index (χ2n) is 5.25. The van der Waals surface area contributed by atoms with Gasteiger partial charge in [-0.05, 0) is 35.2 Å². The van der Waals surface area contributed by atoms with Gasteiger partial charge in [0.2, 0.25) is 0 Å². The number of nitrogens with one attached hydrogen (secondary N) is 1. The topological polar surface area (TPSA) is 32.3 Å². The van der Waals surface area contributed by atoms with E-state index in [4.69, 9.17) is 11.6 Å². The standard InChI is InChI=1S/C18H22ClNO/c1-2-4-18(16-7-9-17(19)10-8-16)20-12-14-5-3-6-15(11-14)13-21/h3,5-11,18,20-21H,2,4,12-13H2,1H3. The lowest BCUT2D eigenvalue weighted by atomic mass is 10.0. The highest BCUT2D eigenvalue weighted by Gasteiger charge is 2.10. The Morgan fingerprint density at radius 1 is 1.10 bits per heavy atom. The van der Waals surface area contributed by atoms with Crippen molar-refractivity contribution in [2.45, 2.75) is 39.0 Å². The normalized spacial score (nSPS) is 12.3. The van der Waals surface area contributed by atoms with Gasteiger partial charge in [0.25, 0.3) is 0 Å². The fraction of sp³-hybridized carbons (Fsp3) is 0.333. The van der Waals surface area contributed by atoms with E-state index in [1.165, 1.54) is 11.1 Å². The Hall–Kier alpha value is -1.35. The first kappa shape index (κ1) is 16.0. The van der Waals surface area contributed by atoms with Crippen molar-refractivity contribution < 1.29 is 5.11 Å². The third-order valence-corrected chi connectivity index (χ3v) is 3.83. The zero-order chi connectivity index (χ0) is 15.1. The molecule has 112 valence electrons. The lowest BCUT2D eigenvalue weighted by Crippen LogP contribution is -2.20. The van der Waals surface area contributed by atoms with Crippen molar-refractivity contribution in [2.75, 3.05) is 0 Å². The molecule has 0 aromatic heterocycles. The van der Waals surface area contributed by atoms with Crippen molar-refractivity contribution in [3.63, 3.8) is 0 Å². The Balaban J connectivity index is 2.04. The van der Waals surface area contributed by atoms with Gasteiger partial charge in [0.15, 0.2) is 0 Å². The van der Waals surface area contributed by atoms with Gasteiger partial charge in [-0.3, -0.25) is 0 Å². The third-order valence-electron chi connectivity index (χ3n) is 3.58. The predicted octanol–water partition coefficient (Wildman–Crippen LogP) is 4.46. The summed E-state index contributed by atoms with van der Waals surface area (Å²) in [6, 6.07) is 16.4. The van der Waals surface area contributed by atoms with E-state index < -0.39 is 0 Å². The summed E-state index contributed by atoms with van der Waals surface area (Å²) in [6.45, 7) is 3.07. The van der Waals surface area contributed by atoms with Gasteiger partial charge in [0.1, 0.15) is 0 Å². The fourth-order valence-electron chi connectivity index (χ4n) is 2.45. The van der Waals surface area contributed by atoms with Gasteiger partial charge in [0.05, 0.1) is 6.61 Å². The molecule has 2 nitrogen and oxygen atoms in total. The molecule has 0 amide bonds. The van der Waals surface area contributed by atoms with Crippen molar-refractivity contribution in [1.82, 2.24) is 5.32 Å². The van der Waals surface area contributed by atoms with E-state index in [0.29, 0.717) is 6.04 Å². The number of benzene rings is 2. The molecule has 0 aliphatic rings. The van der Waals surface area contributed by atoms with Crippen LogP contribution < -0.4 is 5.32 Å². The van der Waals surface area contributed by atoms with Crippen molar-refractivity contribution in [3.05, 3.63) is 70.2 Å². The van der Waals surface area contributed by atoms with Crippen LogP contribution in [0.15, 0.2) is 48.5 Å².